The van der Waals surface area contributed by atoms with Gasteiger partial charge < -0.3 is 19.9 Å². The highest BCUT2D eigenvalue weighted by Gasteiger charge is 2.41. The summed E-state index contributed by atoms with van der Waals surface area (Å²) >= 11 is 0. The Morgan fingerprint density at radius 3 is 2.72 bits per heavy atom. The van der Waals surface area contributed by atoms with Gasteiger partial charge in [0.1, 0.15) is 0 Å². The first-order valence-electron chi connectivity index (χ1n) is 10.9. The lowest BCUT2D eigenvalue weighted by atomic mass is 10.1. The lowest BCUT2D eigenvalue weighted by Crippen LogP contribution is -2.55. The van der Waals surface area contributed by atoms with Gasteiger partial charge in [-0.2, -0.15) is 0 Å². The van der Waals surface area contributed by atoms with Crippen molar-refractivity contribution in [2.75, 3.05) is 73.6 Å². The number of aliphatic imine (C=N–C) groups is 1. The number of hydrogen-bond acceptors (Lipinski definition) is 5. The summed E-state index contributed by atoms with van der Waals surface area (Å²) in [7, 11) is 6.32. The van der Waals surface area contributed by atoms with Crippen LogP contribution in [0.15, 0.2) is 35.3 Å². The molecule has 160 valence electrons. The van der Waals surface area contributed by atoms with Crippen molar-refractivity contribution in [3.8, 4) is 0 Å². The van der Waals surface area contributed by atoms with Crippen LogP contribution in [0.3, 0.4) is 0 Å². The zero-order valence-electron chi connectivity index (χ0n) is 18.1. The van der Waals surface area contributed by atoms with E-state index in [1.807, 2.05) is 7.05 Å². The maximum Gasteiger partial charge on any atom is 0.193 e. The molecule has 3 heterocycles. The van der Waals surface area contributed by atoms with E-state index in [4.69, 9.17) is 4.74 Å². The molecule has 3 fully saturated rings. The smallest absolute Gasteiger partial charge is 0.193 e. The average Bonchev–Trinajstić information content (AvgIpc) is 3.17. The Hall–Kier alpha value is -1.67. The molecular formula is C22H36N6O. The molecule has 1 N–H and O–H groups in total. The first kappa shape index (κ1) is 20.6. The molecule has 0 radical (unpaired) electrons. The quantitative estimate of drug-likeness (QED) is 0.583. The molecule has 29 heavy (non-hydrogen) atoms. The van der Waals surface area contributed by atoms with Crippen LogP contribution in [-0.2, 0) is 11.3 Å². The third-order valence-electron chi connectivity index (χ3n) is 6.63. The SMILES string of the molecule is CN=C(NCC1CN(C)CCN1C)N1CC2OCCN(Cc3ccccc3)C2C1. The molecule has 0 spiro atoms. The molecule has 7 nitrogen and oxygen atoms in total. The van der Waals surface area contributed by atoms with E-state index in [0.29, 0.717) is 12.1 Å². The van der Waals surface area contributed by atoms with Crippen molar-refractivity contribution >= 4 is 5.96 Å². The van der Waals surface area contributed by atoms with Gasteiger partial charge in [-0.05, 0) is 19.7 Å². The van der Waals surface area contributed by atoms with Crippen molar-refractivity contribution in [2.45, 2.75) is 24.7 Å². The van der Waals surface area contributed by atoms with Gasteiger partial charge in [-0.15, -0.1) is 0 Å². The van der Waals surface area contributed by atoms with Crippen LogP contribution in [0.25, 0.3) is 0 Å². The van der Waals surface area contributed by atoms with Gasteiger partial charge in [-0.1, -0.05) is 30.3 Å². The molecule has 3 aliphatic heterocycles. The third-order valence-corrected chi connectivity index (χ3v) is 6.63. The zero-order valence-corrected chi connectivity index (χ0v) is 18.1. The van der Waals surface area contributed by atoms with E-state index < -0.39 is 0 Å². The highest BCUT2D eigenvalue weighted by molar-refractivity contribution is 5.80. The van der Waals surface area contributed by atoms with Crippen LogP contribution in [0.5, 0.6) is 0 Å². The third kappa shape index (κ3) is 4.91. The van der Waals surface area contributed by atoms with Gasteiger partial charge in [-0.3, -0.25) is 14.8 Å². The molecule has 0 bridgehead atoms. The van der Waals surface area contributed by atoms with Crippen LogP contribution in [-0.4, -0.2) is 117 Å². The second-order valence-electron chi connectivity index (χ2n) is 8.66. The van der Waals surface area contributed by atoms with Crippen molar-refractivity contribution in [3.05, 3.63) is 35.9 Å². The predicted molar refractivity (Wildman–Crippen MR) is 117 cm³/mol. The number of ether oxygens (including phenoxy) is 1. The molecule has 0 aromatic heterocycles. The summed E-state index contributed by atoms with van der Waals surface area (Å²) in [6.07, 6.45) is 0.259. The average molecular weight is 401 g/mol. The van der Waals surface area contributed by atoms with Gasteiger partial charge in [0, 0.05) is 65.4 Å². The predicted octanol–water partition coefficient (Wildman–Crippen LogP) is 0.393. The summed E-state index contributed by atoms with van der Waals surface area (Å²) in [6.45, 7) is 8.97. The number of piperazine rings is 1. The Morgan fingerprint density at radius 1 is 1.10 bits per heavy atom. The number of fused-ring (bicyclic) bond motifs is 1. The minimum absolute atomic E-state index is 0.259. The number of morpholine rings is 1. The van der Waals surface area contributed by atoms with E-state index in [1.165, 1.54) is 5.56 Å². The number of nitrogens with one attached hydrogen (secondary N) is 1. The van der Waals surface area contributed by atoms with Gasteiger partial charge in [0.25, 0.3) is 0 Å². The molecule has 3 unspecified atom stereocenters. The van der Waals surface area contributed by atoms with Crippen LogP contribution in [0.1, 0.15) is 5.56 Å². The molecule has 0 saturated carbocycles. The van der Waals surface area contributed by atoms with Gasteiger partial charge in [0.2, 0.25) is 0 Å². The summed E-state index contributed by atoms with van der Waals surface area (Å²) in [5, 5.41) is 3.64. The van der Waals surface area contributed by atoms with Crippen LogP contribution < -0.4 is 5.32 Å². The molecule has 3 saturated heterocycles. The minimum Gasteiger partial charge on any atom is -0.373 e. The second-order valence-corrected chi connectivity index (χ2v) is 8.66. The maximum absolute atomic E-state index is 6.14. The largest absolute Gasteiger partial charge is 0.373 e. The van der Waals surface area contributed by atoms with Crippen molar-refractivity contribution < 1.29 is 4.74 Å². The Kier molecular flexibility index (Phi) is 6.70. The summed E-state index contributed by atoms with van der Waals surface area (Å²) in [5.41, 5.74) is 1.37. The number of likely N-dealkylation sites (tertiary alicyclic amines) is 1. The monoisotopic (exact) mass is 400 g/mol. The summed E-state index contributed by atoms with van der Waals surface area (Å²) in [4.78, 5) is 14.4. The number of rotatable bonds is 4. The van der Waals surface area contributed by atoms with Crippen molar-refractivity contribution in [3.63, 3.8) is 0 Å². The van der Waals surface area contributed by atoms with Crippen molar-refractivity contribution in [2.24, 2.45) is 4.99 Å². The maximum atomic E-state index is 6.14. The molecule has 0 amide bonds. The Bertz CT molecular complexity index is 683. The number of hydrogen-bond donors (Lipinski definition) is 1. The second kappa shape index (κ2) is 9.43. The van der Waals surface area contributed by atoms with Gasteiger partial charge in [-0.25, -0.2) is 0 Å². The van der Waals surface area contributed by atoms with E-state index in [2.05, 4.69) is 74.3 Å². The molecule has 1 aromatic carbocycles. The molecule has 1 aromatic rings. The summed E-state index contributed by atoms with van der Waals surface area (Å²) in [6, 6.07) is 11.7. The first-order valence-corrected chi connectivity index (χ1v) is 10.9. The Morgan fingerprint density at radius 2 is 1.93 bits per heavy atom. The Balaban J connectivity index is 1.35. The number of likely N-dealkylation sites (N-methyl/N-ethyl adjacent to an activating group) is 2. The summed E-state index contributed by atoms with van der Waals surface area (Å²) in [5.74, 6) is 1.00. The molecule has 4 rings (SSSR count). The first-order chi connectivity index (χ1) is 14.1. The molecule has 0 aliphatic carbocycles. The van der Waals surface area contributed by atoms with Crippen molar-refractivity contribution in [1.29, 1.82) is 0 Å². The summed E-state index contributed by atoms with van der Waals surface area (Å²) < 4.78 is 6.14. The molecule has 7 heteroatoms. The fraction of sp³-hybridized carbons (Fsp3) is 0.682. The van der Waals surface area contributed by atoms with E-state index >= 15 is 0 Å². The van der Waals surface area contributed by atoms with Gasteiger partial charge >= 0.3 is 0 Å². The van der Waals surface area contributed by atoms with Crippen LogP contribution in [0.2, 0.25) is 0 Å². The lowest BCUT2D eigenvalue weighted by molar-refractivity contribution is -0.0502. The van der Waals surface area contributed by atoms with E-state index in [0.717, 1.165) is 64.9 Å². The minimum atomic E-state index is 0.259. The number of guanidine groups is 1. The van der Waals surface area contributed by atoms with Gasteiger partial charge in [0.05, 0.1) is 18.8 Å². The van der Waals surface area contributed by atoms with E-state index in [-0.39, 0.29) is 6.10 Å². The van der Waals surface area contributed by atoms with Crippen molar-refractivity contribution in [1.82, 2.24) is 24.9 Å². The standard InChI is InChI=1S/C22H36N6O/c1-23-22(24-13-19-15-25(2)9-10-26(19)3)28-16-20-21(17-28)29-12-11-27(20)14-18-7-5-4-6-8-18/h4-8,19-21H,9-17H2,1-3H3,(H,23,24). The highest BCUT2D eigenvalue weighted by Crippen LogP contribution is 2.24. The zero-order chi connectivity index (χ0) is 20.2. The molecule has 3 atom stereocenters. The molecular weight excluding hydrogens is 364 g/mol. The number of benzene rings is 1. The topological polar surface area (TPSA) is 46.6 Å². The van der Waals surface area contributed by atoms with Crippen LogP contribution in [0, 0.1) is 0 Å². The highest BCUT2D eigenvalue weighted by atomic mass is 16.5. The lowest BCUT2D eigenvalue weighted by Gasteiger charge is -2.38. The van der Waals surface area contributed by atoms with E-state index in [1.54, 1.807) is 0 Å². The molecule has 3 aliphatic rings. The Labute approximate surface area is 175 Å². The van der Waals surface area contributed by atoms with Gasteiger partial charge in [0.15, 0.2) is 5.96 Å². The van der Waals surface area contributed by atoms with Crippen LogP contribution >= 0.6 is 0 Å². The normalized spacial score (nSPS) is 29.8. The fourth-order valence-corrected chi connectivity index (χ4v) is 4.81. The number of nitrogens with zero attached hydrogens (tertiary/aromatic N) is 5. The van der Waals surface area contributed by atoms with Crippen LogP contribution in [0.4, 0.5) is 0 Å². The fourth-order valence-electron chi connectivity index (χ4n) is 4.81. The van der Waals surface area contributed by atoms with E-state index in [9.17, 15) is 0 Å².